The van der Waals surface area contributed by atoms with Crippen LogP contribution in [0, 0.1) is 0 Å². The van der Waals surface area contributed by atoms with Crippen LogP contribution in [-0.2, 0) is 9.13 Å². The predicted molar refractivity (Wildman–Crippen MR) is 174 cm³/mol. The molecule has 0 heterocycles. The summed E-state index contributed by atoms with van der Waals surface area (Å²) in [6.07, 6.45) is 29.6. The minimum absolute atomic E-state index is 0. The van der Waals surface area contributed by atoms with Gasteiger partial charge in [-0.2, -0.15) is 0 Å². The molecule has 4 nitrogen and oxygen atoms in total. The van der Waals surface area contributed by atoms with Crippen molar-refractivity contribution in [1.82, 2.24) is 0 Å². The SMILES string of the molecule is CCCCCCCCP(=O)([O-])CCCCCCCC.CCCCCCCCP(=O)([O-])CCCCCCCC.[Pb+2]. The first kappa shape index (κ1) is 44.7. The molecule has 0 aliphatic rings. The fourth-order valence-electron chi connectivity index (χ4n) is 4.76. The van der Waals surface area contributed by atoms with Crippen molar-refractivity contribution in [3.63, 3.8) is 0 Å². The topological polar surface area (TPSA) is 80.3 Å². The van der Waals surface area contributed by atoms with Crippen LogP contribution in [-0.4, -0.2) is 51.9 Å². The van der Waals surface area contributed by atoms with E-state index in [4.69, 9.17) is 0 Å². The predicted octanol–water partition coefficient (Wildman–Crippen LogP) is 10.3. The number of hydrogen-bond acceptors (Lipinski definition) is 4. The third-order valence-electron chi connectivity index (χ3n) is 7.41. The van der Waals surface area contributed by atoms with Crippen molar-refractivity contribution in [3.05, 3.63) is 0 Å². The average Bonchev–Trinajstić information content (AvgIpc) is 2.88. The van der Waals surface area contributed by atoms with Crippen LogP contribution in [0.3, 0.4) is 0 Å². The summed E-state index contributed by atoms with van der Waals surface area (Å²) < 4.78 is 23.7. The zero-order valence-corrected chi connectivity index (χ0v) is 32.5. The van der Waals surface area contributed by atoms with Crippen LogP contribution in [0.1, 0.15) is 182 Å². The van der Waals surface area contributed by atoms with Crippen molar-refractivity contribution in [3.8, 4) is 0 Å². The van der Waals surface area contributed by atoms with Crippen molar-refractivity contribution in [2.45, 2.75) is 182 Å². The molecular formula is C32H68O4P2Pb. The Morgan fingerprint density at radius 1 is 0.333 bits per heavy atom. The van der Waals surface area contributed by atoms with Crippen LogP contribution in [0.5, 0.6) is 0 Å². The van der Waals surface area contributed by atoms with Gasteiger partial charge < -0.3 is 18.9 Å². The summed E-state index contributed by atoms with van der Waals surface area (Å²) in [4.78, 5) is 23.7. The molecule has 0 aliphatic carbocycles. The Labute approximate surface area is 266 Å². The summed E-state index contributed by atoms with van der Waals surface area (Å²) in [6.45, 7) is 8.80. The van der Waals surface area contributed by atoms with Gasteiger partial charge in [-0.25, -0.2) is 0 Å². The molecule has 39 heavy (non-hydrogen) atoms. The molecule has 0 unspecified atom stereocenters. The second kappa shape index (κ2) is 33.8. The first-order valence-corrected chi connectivity index (χ1v) is 20.8. The maximum absolute atomic E-state index is 11.8. The van der Waals surface area contributed by atoms with Gasteiger partial charge in [-0.05, 0) is 50.3 Å². The van der Waals surface area contributed by atoms with Gasteiger partial charge in [-0.1, -0.05) is 156 Å². The van der Waals surface area contributed by atoms with E-state index in [0.29, 0.717) is 24.6 Å². The Bertz CT molecular complexity index is 472. The van der Waals surface area contributed by atoms with Gasteiger partial charge in [-0.15, -0.1) is 0 Å². The summed E-state index contributed by atoms with van der Waals surface area (Å²) in [7, 11) is -6.11. The van der Waals surface area contributed by atoms with Gasteiger partial charge >= 0.3 is 27.3 Å². The first-order valence-electron chi connectivity index (χ1n) is 16.8. The van der Waals surface area contributed by atoms with Crippen LogP contribution in [0.25, 0.3) is 0 Å². The van der Waals surface area contributed by atoms with Gasteiger partial charge in [0, 0.05) is 14.7 Å². The van der Waals surface area contributed by atoms with Gasteiger partial charge in [-0.3, -0.25) is 0 Å². The van der Waals surface area contributed by atoms with Crippen LogP contribution < -0.4 is 9.79 Å². The molecule has 0 bridgehead atoms. The normalized spacial score (nSPS) is 11.6. The molecule has 0 aromatic heterocycles. The molecule has 0 spiro atoms. The Balaban J connectivity index is -0.000000648. The van der Waals surface area contributed by atoms with Crippen molar-refractivity contribution in [2.75, 3.05) is 24.6 Å². The molecule has 0 saturated heterocycles. The summed E-state index contributed by atoms with van der Waals surface area (Å²) in [5, 5.41) is 0. The van der Waals surface area contributed by atoms with Crippen molar-refractivity contribution < 1.29 is 18.9 Å². The first-order chi connectivity index (χ1) is 18.2. The van der Waals surface area contributed by atoms with Gasteiger partial charge in [0.15, 0.2) is 0 Å². The molecule has 0 aromatic carbocycles. The van der Waals surface area contributed by atoms with E-state index in [1.807, 2.05) is 0 Å². The van der Waals surface area contributed by atoms with E-state index >= 15 is 0 Å². The molecule has 0 saturated carbocycles. The quantitative estimate of drug-likeness (QED) is 0.0450. The Hall–Kier alpha value is 1.30. The second-order valence-corrected chi connectivity index (χ2v) is 16.6. The van der Waals surface area contributed by atoms with Gasteiger partial charge in [0.25, 0.3) is 0 Å². The van der Waals surface area contributed by atoms with E-state index in [9.17, 15) is 18.9 Å². The fourth-order valence-corrected chi connectivity index (χ4v) is 8.02. The van der Waals surface area contributed by atoms with Gasteiger partial charge in [0.2, 0.25) is 0 Å². The van der Waals surface area contributed by atoms with Crippen LogP contribution in [0.2, 0.25) is 0 Å². The maximum atomic E-state index is 11.8. The van der Waals surface area contributed by atoms with Crippen LogP contribution in [0.4, 0.5) is 0 Å². The summed E-state index contributed by atoms with van der Waals surface area (Å²) in [5.74, 6) is 0. The molecule has 2 radical (unpaired) electrons. The van der Waals surface area contributed by atoms with Crippen LogP contribution in [0.15, 0.2) is 0 Å². The molecule has 0 fully saturated rings. The summed E-state index contributed by atoms with van der Waals surface area (Å²) in [6, 6.07) is 0. The van der Waals surface area contributed by atoms with E-state index in [-0.39, 0.29) is 27.3 Å². The van der Waals surface area contributed by atoms with E-state index < -0.39 is 14.7 Å². The standard InChI is InChI=1S/2C16H35O2P.Pb/c2*1-3-5-7-9-11-13-15-19(17,18)16-14-12-10-8-6-4-2;/h2*3-16H2,1-2H3,(H,17,18);/q;;+2/p-2. The molecule has 234 valence electrons. The number of hydrogen-bond donors (Lipinski definition) is 0. The van der Waals surface area contributed by atoms with E-state index in [1.54, 1.807) is 0 Å². The van der Waals surface area contributed by atoms with Crippen molar-refractivity contribution in [1.29, 1.82) is 0 Å². The van der Waals surface area contributed by atoms with E-state index in [1.165, 1.54) is 103 Å². The Kier molecular flexibility index (Phi) is 38.8. The number of unbranched alkanes of at least 4 members (excludes halogenated alkanes) is 20. The van der Waals surface area contributed by atoms with Crippen molar-refractivity contribution in [2.24, 2.45) is 0 Å². The monoisotopic (exact) mass is 786 g/mol. The second-order valence-electron chi connectivity index (χ2n) is 11.6. The molecule has 0 amide bonds. The van der Waals surface area contributed by atoms with Gasteiger partial charge in [0.1, 0.15) is 0 Å². The third-order valence-corrected chi connectivity index (χ3v) is 11.4. The molecule has 0 aliphatic heterocycles. The van der Waals surface area contributed by atoms with Crippen LogP contribution >= 0.6 is 14.7 Å². The smallest absolute Gasteiger partial charge is 0.799 e. The summed E-state index contributed by atoms with van der Waals surface area (Å²) in [5.41, 5.74) is 0. The zero-order valence-electron chi connectivity index (χ0n) is 26.8. The Morgan fingerprint density at radius 3 is 0.667 bits per heavy atom. The zero-order chi connectivity index (χ0) is 28.8. The average molecular weight is 786 g/mol. The third kappa shape index (κ3) is 39.3. The Morgan fingerprint density at radius 2 is 0.487 bits per heavy atom. The number of rotatable bonds is 28. The van der Waals surface area contributed by atoms with Crippen molar-refractivity contribution >= 4 is 42.0 Å². The summed E-state index contributed by atoms with van der Waals surface area (Å²) >= 11 is 0. The molecule has 0 N–H and O–H groups in total. The largest absolute Gasteiger partial charge is 2.00 e. The van der Waals surface area contributed by atoms with Gasteiger partial charge in [0.05, 0.1) is 0 Å². The molecule has 0 rings (SSSR count). The molecular weight excluding hydrogens is 717 g/mol. The minimum Gasteiger partial charge on any atom is -0.799 e. The molecule has 0 atom stereocenters. The van der Waals surface area contributed by atoms with E-state index in [0.717, 1.165) is 51.4 Å². The minimum atomic E-state index is -3.05. The molecule has 0 aromatic rings. The molecule has 7 heteroatoms. The maximum Gasteiger partial charge on any atom is 2.00 e. The van der Waals surface area contributed by atoms with E-state index in [2.05, 4.69) is 27.7 Å². The fraction of sp³-hybridized carbons (Fsp3) is 1.00.